The smallest absolute Gasteiger partial charge is 0.633 e. The van der Waals surface area contributed by atoms with E-state index < -0.39 is 18.0 Å². The number of nitrogens with zero attached hydrogens (tertiary/aromatic N) is 2. The van der Waals surface area contributed by atoms with Crippen molar-refractivity contribution in [3.05, 3.63) is 11.8 Å². The van der Waals surface area contributed by atoms with Crippen LogP contribution in [0.25, 0.3) is 0 Å². The van der Waals surface area contributed by atoms with Gasteiger partial charge >= 0.3 is 29.6 Å². The van der Waals surface area contributed by atoms with Crippen molar-refractivity contribution in [3.8, 4) is 50.1 Å². The van der Waals surface area contributed by atoms with Gasteiger partial charge in [-0.3, -0.25) is 19.5 Å². The number of hydrogen-bond donors (Lipinski definition) is 2. The van der Waals surface area contributed by atoms with Crippen molar-refractivity contribution < 1.29 is 87.9 Å². The van der Waals surface area contributed by atoms with Crippen LogP contribution in [-0.2, 0) is 48.5 Å². The van der Waals surface area contributed by atoms with E-state index in [2.05, 4.69) is 68.0 Å². The van der Waals surface area contributed by atoms with Gasteiger partial charge < -0.3 is 34.8 Å². The summed E-state index contributed by atoms with van der Waals surface area (Å²) in [5.74, 6) is -0.437. The van der Waals surface area contributed by atoms with Gasteiger partial charge in [-0.1, -0.05) is 25.7 Å². The topological polar surface area (TPSA) is 189 Å². The number of quaternary nitrogens is 1. The average molecular weight is 673 g/mol. The van der Waals surface area contributed by atoms with Gasteiger partial charge in [0.15, 0.2) is 24.4 Å². The number of hydrogen-bond acceptors (Lipinski definition) is 14. The van der Waals surface area contributed by atoms with Gasteiger partial charge in [-0.15, -0.1) is 17.1 Å². The van der Waals surface area contributed by atoms with Crippen LogP contribution < -0.4 is 45.5 Å². The molecule has 0 unspecified atom stereocenters. The maximum absolute atomic E-state index is 11.0. The number of nitrogens with one attached hydrogen (secondary N) is 2. The largest absolute Gasteiger partial charge is 1.00 e. The fraction of sp³-hybridized carbons (Fsp3) is 0.556. The molecule has 250 valence electrons. The number of carbonyl (C=O) groups is 2. The number of terminal acetylenes is 4. The number of halogens is 1. The zero-order chi connectivity index (χ0) is 35.1. The van der Waals surface area contributed by atoms with Gasteiger partial charge in [-0.2, -0.15) is 14.7 Å². The minimum Gasteiger partial charge on any atom is -0.633 e. The van der Waals surface area contributed by atoms with E-state index in [9.17, 15) is 10.0 Å². The molecular weight excluding hydrogens is 631 g/mol. The maximum atomic E-state index is 11.0. The zero-order valence-electron chi connectivity index (χ0n) is 26.6. The van der Waals surface area contributed by atoms with Crippen LogP contribution in [0.2, 0.25) is 0 Å². The van der Waals surface area contributed by atoms with Crippen LogP contribution in [0, 0.1) is 55.3 Å². The number of rotatable bonds is 18. The van der Waals surface area contributed by atoms with Gasteiger partial charge in [0.1, 0.15) is 25.3 Å². The number of carboxylic acid groups (broad SMARTS) is 1. The molecule has 45 heavy (non-hydrogen) atoms. The van der Waals surface area contributed by atoms with Crippen LogP contribution >= 0.6 is 11.6 Å². The number of aliphatic carboxylic acids is 1. The second kappa shape index (κ2) is 45.3. The maximum Gasteiger partial charge on any atom is 1.00 e. The summed E-state index contributed by atoms with van der Waals surface area (Å²) in [7, 11) is 7.24. The fourth-order valence-corrected chi connectivity index (χ4v) is 1.77. The van der Waals surface area contributed by atoms with Crippen LogP contribution in [0.5, 0.6) is 0 Å². The summed E-state index contributed by atoms with van der Waals surface area (Å²) in [6.45, 7) is 6.96. The Kier molecular flexibility index (Phi) is 54.7. The van der Waals surface area contributed by atoms with Crippen LogP contribution in [0.1, 0.15) is 19.8 Å². The molecule has 0 aromatic rings. The Hall–Kier alpha value is -3.16. The molecule has 18 heteroatoms. The van der Waals surface area contributed by atoms with Crippen LogP contribution in [0.3, 0.4) is 0 Å². The first-order valence-corrected chi connectivity index (χ1v) is 12.7. The quantitative estimate of drug-likeness (QED) is 0.0210. The molecule has 0 heterocycles. The van der Waals surface area contributed by atoms with E-state index in [1.165, 1.54) is 12.9 Å². The summed E-state index contributed by atoms with van der Waals surface area (Å²) in [6.07, 6.45) is 27.6. The first kappa shape index (κ1) is 54.3. The van der Waals surface area contributed by atoms with Crippen molar-refractivity contribution in [2.75, 3.05) is 73.5 Å². The molecule has 0 radical (unpaired) electrons. The van der Waals surface area contributed by atoms with Gasteiger partial charge in [0.2, 0.25) is 5.91 Å². The molecule has 1 amide bonds. The van der Waals surface area contributed by atoms with Gasteiger partial charge in [-0.25, -0.2) is 4.79 Å². The third kappa shape index (κ3) is 79.5. The number of hydroxylamine groups is 4. The number of carbonyl (C=O) groups excluding carboxylic acids is 3. The monoisotopic (exact) mass is 672 g/mol. The van der Waals surface area contributed by atoms with E-state index in [0.717, 1.165) is 25.9 Å². The van der Waals surface area contributed by atoms with Crippen LogP contribution in [-0.4, -0.2) is 107 Å². The van der Waals surface area contributed by atoms with Crippen molar-refractivity contribution >= 4 is 29.4 Å². The third-order valence-electron chi connectivity index (χ3n) is 3.33. The number of amides is 1. The Morgan fingerprint density at radius 3 is 1.78 bits per heavy atom. The van der Waals surface area contributed by atoms with Crippen molar-refractivity contribution in [2.45, 2.75) is 25.9 Å². The Balaban J connectivity index is -0.000000114. The normalized spacial score (nSPS) is 8.64. The van der Waals surface area contributed by atoms with E-state index in [-0.39, 0.29) is 53.3 Å². The summed E-state index contributed by atoms with van der Waals surface area (Å²) >= 11 is 4.67. The SMILES string of the molecule is C#CONCCCN(C)C.C#COOCC(COOC#C)OOC#C.C=C=O.CC(=O)NCCC[N+](C)(C)[O-].O=C([O-])CCl.[Na+]. The molecule has 0 atom stereocenters. The second-order valence-corrected chi connectivity index (χ2v) is 8.21. The molecule has 0 rings (SSSR count). The molecule has 0 bridgehead atoms. The number of alkyl halides is 1. The molecule has 0 saturated heterocycles. The second-order valence-electron chi connectivity index (χ2n) is 7.95. The Morgan fingerprint density at radius 1 is 0.978 bits per heavy atom. The number of carboxylic acids is 1. The van der Waals surface area contributed by atoms with Gasteiger partial charge in [0.25, 0.3) is 0 Å². The van der Waals surface area contributed by atoms with Gasteiger partial charge in [0.05, 0.1) is 32.5 Å². The fourth-order valence-electron chi connectivity index (χ4n) is 1.77. The Labute approximate surface area is 293 Å². The van der Waals surface area contributed by atoms with Crippen molar-refractivity contribution in [2.24, 2.45) is 0 Å². The molecule has 0 spiro atoms. The van der Waals surface area contributed by atoms with E-state index >= 15 is 0 Å². The van der Waals surface area contributed by atoms with Gasteiger partial charge in [-0.05, 0) is 33.6 Å². The average Bonchev–Trinajstić information content (AvgIpc) is 2.94. The summed E-state index contributed by atoms with van der Waals surface area (Å²) in [5.41, 5.74) is 2.63. The molecule has 0 aliphatic heterocycles. The first-order chi connectivity index (χ1) is 20.7. The van der Waals surface area contributed by atoms with Gasteiger partial charge in [0, 0.05) is 26.4 Å². The van der Waals surface area contributed by atoms with E-state index in [4.69, 9.17) is 40.4 Å². The molecule has 2 N–H and O–H groups in total. The first-order valence-electron chi connectivity index (χ1n) is 12.2. The molecule has 0 aliphatic carbocycles. The molecule has 0 aromatic carbocycles. The minimum atomic E-state index is -1.23. The third-order valence-corrected chi connectivity index (χ3v) is 3.54. The summed E-state index contributed by atoms with van der Waals surface area (Å²) in [6, 6.07) is 0. The van der Waals surface area contributed by atoms with Crippen LogP contribution in [0.4, 0.5) is 0 Å². The predicted molar refractivity (Wildman–Crippen MR) is 158 cm³/mol. The zero-order valence-corrected chi connectivity index (χ0v) is 29.4. The Morgan fingerprint density at radius 2 is 1.44 bits per heavy atom. The van der Waals surface area contributed by atoms with Crippen molar-refractivity contribution in [1.82, 2.24) is 15.7 Å². The van der Waals surface area contributed by atoms with Crippen molar-refractivity contribution in [1.29, 1.82) is 0 Å². The molecule has 0 aliphatic rings. The summed E-state index contributed by atoms with van der Waals surface area (Å²) < 4.78 is -0.292. The molecule has 0 saturated carbocycles. The van der Waals surface area contributed by atoms with Crippen molar-refractivity contribution in [3.63, 3.8) is 0 Å². The summed E-state index contributed by atoms with van der Waals surface area (Å²) in [4.78, 5) is 60.7. The standard InChI is InChI=1S/C9H8O6.C7H16N2O2.C7H14N2O.C2H3ClO2.C2H2O.Na/c1-4-10-13-7-9(15-12-6-3)8-14-11-5-2;1-7(10)8-5-4-6-9(2,3)11;1-4-10-8-6-5-7-9(2)3;3-1-2(4)5;1-2-3;/h1-3,9H,7-8H2;4-6H2,1-3H3,(H,8,10);1,8H,5-7H2,2-3H3;1H2,(H,4,5);1H2;/q;;;;;+1/p-1. The molecule has 0 aromatic heterocycles. The molecule has 0 fully saturated rings. The van der Waals surface area contributed by atoms with E-state index in [0.29, 0.717) is 13.1 Å². The molecular formula is C27H42ClN4NaO12. The van der Waals surface area contributed by atoms with E-state index in [1.54, 1.807) is 32.4 Å². The minimum absolute atomic E-state index is 0. The molecule has 16 nitrogen and oxygen atoms in total. The van der Waals surface area contributed by atoms with E-state index in [1.807, 2.05) is 20.2 Å². The predicted octanol–water partition coefficient (Wildman–Crippen LogP) is -3.91. The van der Waals surface area contributed by atoms with Crippen LogP contribution in [0.15, 0.2) is 6.58 Å². The summed E-state index contributed by atoms with van der Waals surface area (Å²) in [5, 5.41) is 22.7. The Bertz CT molecular complexity index is 869.